The molecule has 0 amide bonds. The average molecular weight is 343 g/mol. The highest BCUT2D eigenvalue weighted by atomic mass is 127. The summed E-state index contributed by atoms with van der Waals surface area (Å²) >= 11 is 2.38. The summed E-state index contributed by atoms with van der Waals surface area (Å²) in [6.07, 6.45) is 6.63. The summed E-state index contributed by atoms with van der Waals surface area (Å²) in [5, 5.41) is 3.65. The molecule has 0 spiro atoms. The van der Waals surface area contributed by atoms with Crippen LogP contribution in [-0.4, -0.2) is 12.6 Å². The maximum absolute atomic E-state index is 3.65. The second-order valence-electron chi connectivity index (χ2n) is 5.05. The van der Waals surface area contributed by atoms with E-state index < -0.39 is 0 Å². The van der Waals surface area contributed by atoms with Crippen LogP contribution >= 0.6 is 22.6 Å². The Labute approximate surface area is 119 Å². The predicted octanol–water partition coefficient (Wildman–Crippen LogP) is 4.32. The molecule has 0 aromatic heterocycles. The minimum atomic E-state index is 0.773. The van der Waals surface area contributed by atoms with Gasteiger partial charge in [-0.1, -0.05) is 19.1 Å². The van der Waals surface area contributed by atoms with E-state index in [1.165, 1.54) is 42.2 Å². The summed E-state index contributed by atoms with van der Waals surface area (Å²) in [5.41, 5.74) is 1.54. The van der Waals surface area contributed by atoms with Crippen LogP contribution in [0.3, 0.4) is 0 Å². The van der Waals surface area contributed by atoms with Crippen molar-refractivity contribution in [2.24, 2.45) is 0 Å². The molecule has 1 nitrogen and oxygen atoms in total. The molecule has 2 rings (SSSR count). The molecule has 94 valence electrons. The van der Waals surface area contributed by atoms with Crippen molar-refractivity contribution in [2.45, 2.75) is 51.0 Å². The highest BCUT2D eigenvalue weighted by molar-refractivity contribution is 14.1. The van der Waals surface area contributed by atoms with Crippen molar-refractivity contribution in [3.63, 3.8) is 0 Å². The lowest BCUT2D eigenvalue weighted by Gasteiger charge is -2.29. The van der Waals surface area contributed by atoms with Crippen LogP contribution in [0.1, 0.15) is 50.5 Å². The van der Waals surface area contributed by atoms with E-state index >= 15 is 0 Å². The summed E-state index contributed by atoms with van der Waals surface area (Å²) in [6.45, 7) is 3.42. The molecule has 0 saturated heterocycles. The molecule has 0 bridgehead atoms. The largest absolute Gasteiger partial charge is 0.314 e. The van der Waals surface area contributed by atoms with Gasteiger partial charge in [0.25, 0.3) is 0 Å². The van der Waals surface area contributed by atoms with E-state index in [4.69, 9.17) is 0 Å². The Bertz CT molecular complexity index is 325. The maximum Gasteiger partial charge on any atom is 0.0130 e. The third kappa shape index (κ3) is 3.95. The van der Waals surface area contributed by atoms with Crippen LogP contribution in [0.2, 0.25) is 0 Å². The number of nitrogens with one attached hydrogen (secondary N) is 1. The zero-order valence-corrected chi connectivity index (χ0v) is 12.7. The fraction of sp³-hybridized carbons (Fsp3) is 0.600. The van der Waals surface area contributed by atoms with Gasteiger partial charge in [-0.15, -0.1) is 0 Å². The summed E-state index contributed by atoms with van der Waals surface area (Å²) in [7, 11) is 0. The number of halogens is 1. The molecule has 1 saturated carbocycles. The summed E-state index contributed by atoms with van der Waals surface area (Å²) in [6, 6.07) is 9.86. The van der Waals surface area contributed by atoms with Gasteiger partial charge in [-0.25, -0.2) is 0 Å². The molecule has 1 N–H and O–H groups in total. The molecule has 1 aliphatic carbocycles. The third-order valence-corrected chi connectivity index (χ3v) is 4.47. The summed E-state index contributed by atoms with van der Waals surface area (Å²) in [4.78, 5) is 0. The standard InChI is InChI=1S/C15H22IN/c1-2-11-17-15-9-5-13(6-10-15)12-3-7-14(16)8-4-12/h3-4,7-8,13,15,17H,2,5-6,9-11H2,1H3. The first kappa shape index (κ1) is 13.3. The zero-order valence-electron chi connectivity index (χ0n) is 10.6. The van der Waals surface area contributed by atoms with Crippen LogP contribution in [0.4, 0.5) is 0 Å². The van der Waals surface area contributed by atoms with Crippen LogP contribution in [0, 0.1) is 3.57 Å². The quantitative estimate of drug-likeness (QED) is 0.803. The lowest BCUT2D eigenvalue weighted by Crippen LogP contribution is -2.33. The van der Waals surface area contributed by atoms with Crippen LogP contribution in [0.25, 0.3) is 0 Å². The van der Waals surface area contributed by atoms with E-state index in [9.17, 15) is 0 Å². The Balaban J connectivity index is 1.84. The average Bonchev–Trinajstić information content (AvgIpc) is 2.38. The number of rotatable bonds is 4. The second kappa shape index (κ2) is 6.74. The minimum absolute atomic E-state index is 0.773. The van der Waals surface area contributed by atoms with Gasteiger partial charge >= 0.3 is 0 Å². The van der Waals surface area contributed by atoms with E-state index in [2.05, 4.69) is 59.1 Å². The Hall–Kier alpha value is -0.0900. The highest BCUT2D eigenvalue weighted by Gasteiger charge is 2.21. The molecule has 1 aromatic carbocycles. The van der Waals surface area contributed by atoms with Crippen LogP contribution in [0.15, 0.2) is 24.3 Å². The van der Waals surface area contributed by atoms with E-state index in [0.717, 1.165) is 12.0 Å². The van der Waals surface area contributed by atoms with Gasteiger partial charge < -0.3 is 5.32 Å². The van der Waals surface area contributed by atoms with Crippen LogP contribution in [-0.2, 0) is 0 Å². The molecule has 0 heterocycles. The lowest BCUT2D eigenvalue weighted by atomic mass is 9.82. The summed E-state index contributed by atoms with van der Waals surface area (Å²) < 4.78 is 1.34. The number of hydrogen-bond acceptors (Lipinski definition) is 1. The van der Waals surface area contributed by atoms with Gasteiger partial charge in [0.15, 0.2) is 0 Å². The molecule has 0 unspecified atom stereocenters. The molecular weight excluding hydrogens is 321 g/mol. The predicted molar refractivity (Wildman–Crippen MR) is 82.4 cm³/mol. The van der Waals surface area contributed by atoms with Gasteiger partial charge in [-0.05, 0) is 84.9 Å². The van der Waals surface area contributed by atoms with Crippen molar-refractivity contribution in [3.05, 3.63) is 33.4 Å². The highest BCUT2D eigenvalue weighted by Crippen LogP contribution is 2.32. The van der Waals surface area contributed by atoms with E-state index in [1.807, 2.05) is 0 Å². The SMILES string of the molecule is CCCNC1CCC(c2ccc(I)cc2)CC1. The molecular formula is C15H22IN. The van der Waals surface area contributed by atoms with Gasteiger partial charge in [0.1, 0.15) is 0 Å². The molecule has 1 aliphatic rings. The van der Waals surface area contributed by atoms with Crippen molar-refractivity contribution in [1.29, 1.82) is 0 Å². The van der Waals surface area contributed by atoms with Gasteiger partial charge in [0, 0.05) is 9.61 Å². The third-order valence-electron chi connectivity index (χ3n) is 3.75. The van der Waals surface area contributed by atoms with Crippen molar-refractivity contribution < 1.29 is 0 Å². The fourth-order valence-electron chi connectivity index (χ4n) is 2.71. The Morgan fingerprint density at radius 3 is 2.35 bits per heavy atom. The van der Waals surface area contributed by atoms with E-state index in [-0.39, 0.29) is 0 Å². The number of hydrogen-bond donors (Lipinski definition) is 1. The number of benzene rings is 1. The molecule has 1 aromatic rings. The van der Waals surface area contributed by atoms with Crippen LogP contribution in [0.5, 0.6) is 0 Å². The van der Waals surface area contributed by atoms with Gasteiger partial charge in [0.05, 0.1) is 0 Å². The van der Waals surface area contributed by atoms with Crippen molar-refractivity contribution in [1.82, 2.24) is 5.32 Å². The van der Waals surface area contributed by atoms with E-state index in [0.29, 0.717) is 0 Å². The molecule has 0 atom stereocenters. The molecule has 0 aliphatic heterocycles. The Morgan fingerprint density at radius 2 is 1.76 bits per heavy atom. The topological polar surface area (TPSA) is 12.0 Å². The van der Waals surface area contributed by atoms with Gasteiger partial charge in [-0.3, -0.25) is 0 Å². The second-order valence-corrected chi connectivity index (χ2v) is 6.30. The smallest absolute Gasteiger partial charge is 0.0130 e. The maximum atomic E-state index is 3.65. The first-order valence-electron chi connectivity index (χ1n) is 6.78. The normalized spacial score (nSPS) is 24.8. The van der Waals surface area contributed by atoms with Crippen LogP contribution < -0.4 is 5.32 Å². The molecule has 1 fully saturated rings. The van der Waals surface area contributed by atoms with E-state index in [1.54, 1.807) is 5.56 Å². The van der Waals surface area contributed by atoms with Crippen molar-refractivity contribution in [2.75, 3.05) is 6.54 Å². The molecule has 2 heteroatoms. The first-order valence-corrected chi connectivity index (χ1v) is 7.86. The summed E-state index contributed by atoms with van der Waals surface area (Å²) in [5.74, 6) is 0.798. The molecule has 17 heavy (non-hydrogen) atoms. The zero-order chi connectivity index (χ0) is 12.1. The van der Waals surface area contributed by atoms with Crippen molar-refractivity contribution in [3.8, 4) is 0 Å². The Kier molecular flexibility index (Phi) is 5.29. The molecule has 0 radical (unpaired) electrons. The monoisotopic (exact) mass is 343 g/mol. The lowest BCUT2D eigenvalue weighted by molar-refractivity contribution is 0.343. The van der Waals surface area contributed by atoms with Gasteiger partial charge in [0.2, 0.25) is 0 Å². The van der Waals surface area contributed by atoms with Gasteiger partial charge in [-0.2, -0.15) is 0 Å². The Morgan fingerprint density at radius 1 is 1.12 bits per heavy atom. The van der Waals surface area contributed by atoms with Crippen molar-refractivity contribution >= 4 is 22.6 Å². The first-order chi connectivity index (χ1) is 8.29. The fourth-order valence-corrected chi connectivity index (χ4v) is 3.07. The minimum Gasteiger partial charge on any atom is -0.314 e.